The number of carbonyl (C=O) groups is 1. The summed E-state index contributed by atoms with van der Waals surface area (Å²) in [7, 11) is -1.17. The van der Waals surface area contributed by atoms with Gasteiger partial charge in [-0.1, -0.05) is 63.0 Å². The van der Waals surface area contributed by atoms with Crippen molar-refractivity contribution >= 4 is 46.6 Å². The molecule has 0 aliphatic heterocycles. The molecule has 30 heavy (non-hydrogen) atoms. The fourth-order valence-corrected chi connectivity index (χ4v) is 5.00. The molecule has 0 saturated carbocycles. The standard InChI is InChI=1S/C20H30N3O4PS2/c1-4-6-14(7-5-2)12-17(15-8-10-16(11-9-15)30(3,26)27)19(24)22-20-21-13-18(29-20)23(25)28/h8-11,13-14,17,25H,4-7,12,28H2,1-3H3,(H,21,22,24). The second-order valence-corrected chi connectivity index (χ2v) is 10.9. The molecule has 2 N–H and O–H groups in total. The van der Waals surface area contributed by atoms with Crippen molar-refractivity contribution in [1.29, 1.82) is 0 Å². The van der Waals surface area contributed by atoms with E-state index in [0.29, 0.717) is 22.5 Å². The first-order valence-corrected chi connectivity index (χ1v) is 13.2. The Morgan fingerprint density at radius 2 is 1.83 bits per heavy atom. The summed E-state index contributed by atoms with van der Waals surface area (Å²) in [6.07, 6.45) is 7.48. The van der Waals surface area contributed by atoms with E-state index in [1.165, 1.54) is 12.5 Å². The molecule has 2 atom stereocenters. The molecule has 2 rings (SSSR count). The van der Waals surface area contributed by atoms with E-state index in [9.17, 15) is 18.4 Å². The van der Waals surface area contributed by atoms with Gasteiger partial charge in [0, 0.05) is 6.26 Å². The molecular formula is C20H30N3O4PS2. The Kier molecular flexibility index (Phi) is 9.22. The van der Waals surface area contributed by atoms with Crippen LogP contribution in [-0.2, 0) is 14.6 Å². The zero-order valence-corrected chi connectivity index (χ0v) is 20.3. The number of carbonyl (C=O) groups excluding carboxylic acids is 1. The molecule has 2 aromatic rings. The molecule has 0 fully saturated rings. The molecule has 10 heteroatoms. The number of amides is 1. The number of nitrogens with one attached hydrogen (secondary N) is 1. The molecule has 1 aromatic carbocycles. The first kappa shape index (κ1) is 24.7. The van der Waals surface area contributed by atoms with E-state index in [0.717, 1.165) is 47.4 Å². The summed E-state index contributed by atoms with van der Waals surface area (Å²) in [4.78, 5) is 18.4. The number of rotatable bonds is 11. The van der Waals surface area contributed by atoms with Crippen LogP contribution in [0.3, 0.4) is 0 Å². The van der Waals surface area contributed by atoms with E-state index in [-0.39, 0.29) is 10.8 Å². The summed E-state index contributed by atoms with van der Waals surface area (Å²) in [5, 5.41) is 13.2. The smallest absolute Gasteiger partial charge is 0.233 e. The molecule has 1 heterocycles. The second-order valence-electron chi connectivity index (χ2n) is 7.41. The summed E-state index contributed by atoms with van der Waals surface area (Å²) in [5.74, 6) is -0.207. The zero-order valence-electron chi connectivity index (χ0n) is 17.5. The quantitative estimate of drug-likeness (QED) is 0.359. The van der Waals surface area contributed by atoms with Crippen LogP contribution in [0.25, 0.3) is 0 Å². The lowest BCUT2D eigenvalue weighted by Crippen LogP contribution is -2.23. The van der Waals surface area contributed by atoms with Crippen molar-refractivity contribution < 1.29 is 18.4 Å². The van der Waals surface area contributed by atoms with Gasteiger partial charge in [0.15, 0.2) is 15.0 Å². The van der Waals surface area contributed by atoms with Crippen LogP contribution in [0.1, 0.15) is 57.4 Å². The highest BCUT2D eigenvalue weighted by atomic mass is 32.2. The first-order valence-electron chi connectivity index (χ1n) is 9.96. The predicted molar refractivity (Wildman–Crippen MR) is 125 cm³/mol. The van der Waals surface area contributed by atoms with Crippen LogP contribution in [0, 0.1) is 5.92 Å². The topological polar surface area (TPSA) is 99.6 Å². The lowest BCUT2D eigenvalue weighted by Gasteiger charge is -2.23. The number of hydrogen-bond acceptors (Lipinski definition) is 7. The van der Waals surface area contributed by atoms with Gasteiger partial charge in [-0.25, -0.2) is 18.2 Å². The lowest BCUT2D eigenvalue weighted by molar-refractivity contribution is -0.118. The molecule has 0 saturated heterocycles. The van der Waals surface area contributed by atoms with Crippen LogP contribution in [-0.4, -0.2) is 30.8 Å². The van der Waals surface area contributed by atoms with E-state index in [4.69, 9.17) is 0 Å². The van der Waals surface area contributed by atoms with Crippen LogP contribution in [0.2, 0.25) is 0 Å². The highest BCUT2D eigenvalue weighted by Gasteiger charge is 2.26. The maximum Gasteiger partial charge on any atom is 0.233 e. The van der Waals surface area contributed by atoms with E-state index in [1.807, 2.05) is 0 Å². The van der Waals surface area contributed by atoms with Crippen LogP contribution in [0.5, 0.6) is 0 Å². The van der Waals surface area contributed by atoms with Crippen molar-refractivity contribution in [3.8, 4) is 0 Å². The van der Waals surface area contributed by atoms with Gasteiger partial charge in [-0.3, -0.25) is 10.0 Å². The molecule has 7 nitrogen and oxygen atoms in total. The van der Waals surface area contributed by atoms with Crippen LogP contribution < -0.4 is 10.2 Å². The highest BCUT2D eigenvalue weighted by molar-refractivity contribution is 7.90. The van der Waals surface area contributed by atoms with Crippen molar-refractivity contribution in [3.63, 3.8) is 0 Å². The number of thiazole rings is 1. The summed E-state index contributed by atoms with van der Waals surface area (Å²) in [6.45, 7) is 4.28. The maximum absolute atomic E-state index is 13.2. The minimum Gasteiger partial charge on any atom is -0.301 e. The summed E-state index contributed by atoms with van der Waals surface area (Å²) < 4.78 is 23.6. The Hall–Kier alpha value is -1.54. The van der Waals surface area contributed by atoms with E-state index in [1.54, 1.807) is 24.3 Å². The van der Waals surface area contributed by atoms with E-state index < -0.39 is 15.8 Å². The lowest BCUT2D eigenvalue weighted by atomic mass is 9.84. The molecule has 2 unspecified atom stereocenters. The van der Waals surface area contributed by atoms with Crippen LogP contribution in [0.4, 0.5) is 10.1 Å². The predicted octanol–water partition coefficient (Wildman–Crippen LogP) is 4.86. The van der Waals surface area contributed by atoms with Gasteiger partial charge in [0.1, 0.15) is 5.00 Å². The van der Waals surface area contributed by atoms with Crippen molar-refractivity contribution in [1.82, 2.24) is 4.98 Å². The Morgan fingerprint density at radius 3 is 2.30 bits per heavy atom. The normalized spacial score (nSPS) is 12.7. The van der Waals surface area contributed by atoms with Gasteiger partial charge in [0.2, 0.25) is 5.91 Å². The fourth-order valence-electron chi connectivity index (χ4n) is 3.49. The Labute approximate surface area is 185 Å². The first-order chi connectivity index (χ1) is 14.2. The van der Waals surface area contributed by atoms with Gasteiger partial charge in [0.25, 0.3) is 0 Å². The highest BCUT2D eigenvalue weighted by Crippen LogP contribution is 2.33. The van der Waals surface area contributed by atoms with Crippen molar-refractivity contribution in [2.75, 3.05) is 16.4 Å². The molecule has 0 radical (unpaired) electrons. The maximum atomic E-state index is 13.2. The fraction of sp³-hybridized carbons (Fsp3) is 0.500. The second kappa shape index (κ2) is 11.2. The summed E-state index contributed by atoms with van der Waals surface area (Å²) in [5.41, 5.74) is 0.781. The minimum atomic E-state index is -3.30. The summed E-state index contributed by atoms with van der Waals surface area (Å²) in [6, 6.07) is 6.56. The van der Waals surface area contributed by atoms with Gasteiger partial charge < -0.3 is 5.32 Å². The zero-order chi connectivity index (χ0) is 22.3. The van der Waals surface area contributed by atoms with Crippen molar-refractivity contribution in [2.24, 2.45) is 5.92 Å². The monoisotopic (exact) mass is 471 g/mol. The molecule has 0 spiro atoms. The number of hydrogen-bond donors (Lipinski definition) is 2. The van der Waals surface area contributed by atoms with Gasteiger partial charge in [0.05, 0.1) is 17.0 Å². The third-order valence-corrected chi connectivity index (χ3v) is 7.44. The van der Waals surface area contributed by atoms with Gasteiger partial charge >= 0.3 is 0 Å². The van der Waals surface area contributed by atoms with E-state index in [2.05, 4.69) is 33.5 Å². The largest absolute Gasteiger partial charge is 0.301 e. The van der Waals surface area contributed by atoms with Crippen LogP contribution >= 0.6 is 20.7 Å². The van der Waals surface area contributed by atoms with Crippen LogP contribution in [0.15, 0.2) is 35.4 Å². The number of nitrogens with zero attached hydrogens (tertiary/aromatic N) is 2. The molecule has 0 bridgehead atoms. The number of sulfone groups is 1. The Balaban J connectivity index is 2.30. The minimum absolute atomic E-state index is 0.187. The number of benzene rings is 1. The Bertz CT molecular complexity index is 924. The van der Waals surface area contributed by atoms with Gasteiger partial charge in [-0.15, -0.1) is 0 Å². The number of anilines is 2. The number of aromatic nitrogens is 1. The molecule has 1 aromatic heterocycles. The molecular weight excluding hydrogens is 441 g/mol. The molecule has 1 amide bonds. The molecule has 166 valence electrons. The summed E-state index contributed by atoms with van der Waals surface area (Å²) >= 11 is 1.16. The van der Waals surface area contributed by atoms with Gasteiger partial charge in [-0.05, 0) is 39.4 Å². The average molecular weight is 472 g/mol. The average Bonchev–Trinajstić information content (AvgIpc) is 3.14. The van der Waals surface area contributed by atoms with Crippen molar-refractivity contribution in [2.45, 2.75) is 56.8 Å². The van der Waals surface area contributed by atoms with E-state index >= 15 is 0 Å². The van der Waals surface area contributed by atoms with Gasteiger partial charge in [-0.2, -0.15) is 0 Å². The third kappa shape index (κ3) is 7.01. The molecule has 0 aliphatic rings. The SMILES string of the molecule is CCCC(CCC)CC(C(=O)Nc1ncc(N(O)P)s1)c1ccc(S(C)(=O)=O)cc1. The van der Waals surface area contributed by atoms with Crippen molar-refractivity contribution in [3.05, 3.63) is 36.0 Å². The third-order valence-electron chi connectivity index (χ3n) is 4.94. The Morgan fingerprint density at radius 1 is 1.23 bits per heavy atom. The molecule has 0 aliphatic carbocycles.